The van der Waals surface area contributed by atoms with Crippen LogP contribution in [0.5, 0.6) is 5.75 Å². The van der Waals surface area contributed by atoms with E-state index in [1.54, 1.807) is 13.8 Å². The first-order valence-electron chi connectivity index (χ1n) is 7.45. The van der Waals surface area contributed by atoms with Crippen LogP contribution in [0.4, 0.5) is 0 Å². The summed E-state index contributed by atoms with van der Waals surface area (Å²) in [7, 11) is 0. The maximum atomic E-state index is 12.1. The van der Waals surface area contributed by atoms with Gasteiger partial charge in [0.1, 0.15) is 28.6 Å². The van der Waals surface area contributed by atoms with E-state index in [1.807, 2.05) is 35.7 Å². The highest BCUT2D eigenvalue weighted by atomic mass is 32.1. The minimum Gasteiger partial charge on any atom is -0.486 e. The Hall–Kier alpha value is -2.67. The number of para-hydroxylation sites is 1. The third-order valence-corrected chi connectivity index (χ3v) is 4.05. The maximum Gasteiger partial charge on any atom is 0.344 e. The van der Waals surface area contributed by atoms with E-state index in [-0.39, 0.29) is 6.61 Å². The van der Waals surface area contributed by atoms with Gasteiger partial charge in [0.2, 0.25) is 5.76 Å². The van der Waals surface area contributed by atoms with Crippen molar-refractivity contribution in [2.75, 3.05) is 6.61 Å². The monoisotopic (exact) mass is 344 g/mol. The fourth-order valence-electron chi connectivity index (χ4n) is 2.13. The fourth-order valence-corrected chi connectivity index (χ4v) is 2.82. The first-order valence-corrected chi connectivity index (χ1v) is 8.33. The Balaban J connectivity index is 1.77. The molecule has 2 aromatic heterocycles. The maximum absolute atomic E-state index is 12.1. The van der Waals surface area contributed by atoms with Crippen LogP contribution < -0.4 is 4.74 Å². The molecule has 0 fully saturated rings. The van der Waals surface area contributed by atoms with Crippen molar-refractivity contribution < 1.29 is 18.8 Å². The third kappa shape index (κ3) is 3.46. The number of esters is 1. The van der Waals surface area contributed by atoms with Gasteiger partial charge in [0.15, 0.2) is 0 Å². The van der Waals surface area contributed by atoms with E-state index in [4.69, 9.17) is 14.0 Å². The van der Waals surface area contributed by atoms with E-state index < -0.39 is 5.97 Å². The van der Waals surface area contributed by atoms with Gasteiger partial charge in [-0.15, -0.1) is 11.3 Å². The molecule has 0 saturated heterocycles. The number of aromatic nitrogens is 2. The molecule has 3 rings (SSSR count). The molecule has 0 atom stereocenters. The highest BCUT2D eigenvalue weighted by molar-refractivity contribution is 7.09. The van der Waals surface area contributed by atoms with E-state index in [1.165, 1.54) is 11.3 Å². The van der Waals surface area contributed by atoms with Crippen molar-refractivity contribution in [2.24, 2.45) is 0 Å². The summed E-state index contributed by atoms with van der Waals surface area (Å²) in [6, 6.07) is 9.51. The van der Waals surface area contributed by atoms with E-state index in [2.05, 4.69) is 10.1 Å². The Morgan fingerprint density at radius 2 is 2.08 bits per heavy atom. The Morgan fingerprint density at radius 3 is 2.83 bits per heavy atom. The van der Waals surface area contributed by atoms with Crippen LogP contribution in [-0.2, 0) is 11.3 Å². The smallest absolute Gasteiger partial charge is 0.344 e. The Labute approximate surface area is 143 Å². The minimum absolute atomic E-state index is 0.288. The lowest BCUT2D eigenvalue weighted by atomic mass is 10.1. The van der Waals surface area contributed by atoms with Gasteiger partial charge in [0.05, 0.1) is 12.3 Å². The van der Waals surface area contributed by atoms with Gasteiger partial charge in [0, 0.05) is 5.38 Å². The molecule has 6 nitrogen and oxygen atoms in total. The number of hydrogen-bond donors (Lipinski definition) is 0. The second-order valence-corrected chi connectivity index (χ2v) is 5.86. The van der Waals surface area contributed by atoms with Crippen LogP contribution in [0.25, 0.3) is 11.5 Å². The van der Waals surface area contributed by atoms with Crippen LogP contribution in [0.3, 0.4) is 0 Å². The number of rotatable bonds is 6. The number of aryl methyl sites for hydroxylation is 1. The number of carbonyl (C=O) groups is 1. The van der Waals surface area contributed by atoms with Crippen molar-refractivity contribution in [3.8, 4) is 17.2 Å². The van der Waals surface area contributed by atoms with Crippen LogP contribution in [0.2, 0.25) is 0 Å². The molecule has 0 amide bonds. The normalized spacial score (nSPS) is 10.6. The summed E-state index contributed by atoms with van der Waals surface area (Å²) >= 11 is 1.43. The molecule has 0 aliphatic heterocycles. The molecule has 0 N–H and O–H groups in total. The van der Waals surface area contributed by atoms with Gasteiger partial charge in [-0.1, -0.05) is 23.4 Å². The van der Waals surface area contributed by atoms with Crippen molar-refractivity contribution in [3.05, 3.63) is 52.0 Å². The molecule has 0 bridgehead atoms. The lowest BCUT2D eigenvalue weighted by Gasteiger charge is -2.02. The average Bonchev–Trinajstić information content (AvgIpc) is 3.20. The van der Waals surface area contributed by atoms with Gasteiger partial charge < -0.3 is 14.0 Å². The van der Waals surface area contributed by atoms with Gasteiger partial charge in [0.25, 0.3) is 0 Å². The lowest BCUT2D eigenvalue weighted by molar-refractivity contribution is 0.0526. The number of benzene rings is 1. The summed E-state index contributed by atoms with van der Waals surface area (Å²) in [6.07, 6.45) is 0. The Morgan fingerprint density at radius 1 is 1.29 bits per heavy atom. The largest absolute Gasteiger partial charge is 0.486 e. The van der Waals surface area contributed by atoms with Crippen LogP contribution in [0.15, 0.2) is 40.2 Å². The molecular weight excluding hydrogens is 328 g/mol. The predicted octanol–water partition coefficient (Wildman–Crippen LogP) is 3.86. The average molecular weight is 344 g/mol. The van der Waals surface area contributed by atoms with Crippen molar-refractivity contribution in [1.29, 1.82) is 0 Å². The highest BCUT2D eigenvalue weighted by Gasteiger charge is 2.24. The quantitative estimate of drug-likeness (QED) is 0.632. The zero-order chi connectivity index (χ0) is 16.9. The van der Waals surface area contributed by atoms with Crippen molar-refractivity contribution in [2.45, 2.75) is 20.5 Å². The molecule has 2 heterocycles. The van der Waals surface area contributed by atoms with Crippen molar-refractivity contribution in [3.63, 3.8) is 0 Å². The summed E-state index contributed by atoms with van der Waals surface area (Å²) in [6.45, 7) is 4.08. The fraction of sp³-hybridized carbons (Fsp3) is 0.235. The first kappa shape index (κ1) is 16.2. The van der Waals surface area contributed by atoms with Gasteiger partial charge in [-0.2, -0.15) is 0 Å². The molecule has 3 aromatic rings. The van der Waals surface area contributed by atoms with E-state index >= 15 is 0 Å². The lowest BCUT2D eigenvalue weighted by Crippen LogP contribution is -2.06. The summed E-state index contributed by atoms with van der Waals surface area (Å²) in [5, 5.41) is 6.44. The summed E-state index contributed by atoms with van der Waals surface area (Å²) in [5.74, 6) is 0.645. The van der Waals surface area contributed by atoms with Crippen LogP contribution in [-0.4, -0.2) is 22.7 Å². The molecular formula is C17H16N2O4S. The topological polar surface area (TPSA) is 74.5 Å². The highest BCUT2D eigenvalue weighted by Crippen LogP contribution is 2.28. The molecule has 0 saturated carbocycles. The first-order chi connectivity index (χ1) is 11.7. The van der Waals surface area contributed by atoms with Crippen molar-refractivity contribution >= 4 is 17.3 Å². The SMILES string of the molecule is CCOC(=O)c1c(C)noc1-c1csc(COc2ccccc2)n1. The zero-order valence-electron chi connectivity index (χ0n) is 13.3. The number of carbonyl (C=O) groups excluding carboxylic acids is 1. The summed E-state index contributed by atoms with van der Waals surface area (Å²) in [5.41, 5.74) is 1.35. The minimum atomic E-state index is -0.457. The molecule has 0 spiro atoms. The molecule has 124 valence electrons. The van der Waals surface area contributed by atoms with Crippen molar-refractivity contribution in [1.82, 2.24) is 10.1 Å². The van der Waals surface area contributed by atoms with Crippen LogP contribution in [0, 0.1) is 6.92 Å². The van der Waals surface area contributed by atoms with Gasteiger partial charge in [-0.3, -0.25) is 0 Å². The van der Waals surface area contributed by atoms with E-state index in [0.29, 0.717) is 29.3 Å². The number of thiazole rings is 1. The Kier molecular flexibility index (Phi) is 4.90. The van der Waals surface area contributed by atoms with E-state index in [9.17, 15) is 4.79 Å². The molecule has 7 heteroatoms. The molecule has 1 aromatic carbocycles. The van der Waals surface area contributed by atoms with Gasteiger partial charge in [-0.05, 0) is 26.0 Å². The van der Waals surface area contributed by atoms with Crippen LogP contribution in [0.1, 0.15) is 28.0 Å². The molecule has 0 unspecified atom stereocenters. The van der Waals surface area contributed by atoms with Gasteiger partial charge in [-0.25, -0.2) is 9.78 Å². The third-order valence-electron chi connectivity index (χ3n) is 3.23. The van der Waals surface area contributed by atoms with Crippen LogP contribution >= 0.6 is 11.3 Å². The number of ether oxygens (including phenoxy) is 2. The van der Waals surface area contributed by atoms with Gasteiger partial charge >= 0.3 is 5.97 Å². The second-order valence-electron chi connectivity index (χ2n) is 4.92. The molecule has 24 heavy (non-hydrogen) atoms. The summed E-state index contributed by atoms with van der Waals surface area (Å²) < 4.78 is 16.0. The molecule has 0 aliphatic rings. The molecule has 0 radical (unpaired) electrons. The zero-order valence-corrected chi connectivity index (χ0v) is 14.1. The predicted molar refractivity (Wildman–Crippen MR) is 89.1 cm³/mol. The standard InChI is InChI=1S/C17H16N2O4S/c1-3-21-17(20)15-11(2)19-23-16(15)13-10-24-14(18-13)9-22-12-7-5-4-6-8-12/h4-8,10H,3,9H2,1-2H3. The molecule has 0 aliphatic carbocycles. The van der Waals surface area contributed by atoms with E-state index in [0.717, 1.165) is 10.8 Å². The number of hydrogen-bond acceptors (Lipinski definition) is 7. The number of nitrogens with zero attached hydrogens (tertiary/aromatic N) is 2. The Bertz CT molecular complexity index is 826. The second kappa shape index (κ2) is 7.27. The summed E-state index contributed by atoms with van der Waals surface area (Å²) in [4.78, 5) is 16.5.